The molecule has 0 amide bonds. The van der Waals surface area contributed by atoms with Gasteiger partial charge in [-0.1, -0.05) is 43.2 Å². The smallest absolute Gasteiger partial charge is 0.261 e. The third-order valence-electron chi connectivity index (χ3n) is 6.25. The molecular weight excluding hydrogens is 430 g/mol. The second-order valence-corrected chi connectivity index (χ2v) is 13.2. The van der Waals surface area contributed by atoms with Crippen LogP contribution in [0.15, 0.2) is 59.5 Å². The van der Waals surface area contributed by atoms with Gasteiger partial charge in [0.25, 0.3) is 10.0 Å². The quantitative estimate of drug-likeness (QED) is 0.564. The number of sulfonamides is 1. The third-order valence-corrected chi connectivity index (χ3v) is 10.0. The van der Waals surface area contributed by atoms with Gasteiger partial charge < -0.3 is 0 Å². The maximum atomic E-state index is 12.4. The Balaban J connectivity index is 1.46. The molecule has 0 aliphatic heterocycles. The van der Waals surface area contributed by atoms with E-state index < -0.39 is 19.9 Å². The fourth-order valence-corrected chi connectivity index (χ4v) is 6.59. The lowest BCUT2D eigenvalue weighted by molar-refractivity contribution is 0.278. The van der Waals surface area contributed by atoms with Gasteiger partial charge in [-0.3, -0.25) is 4.72 Å². The van der Waals surface area contributed by atoms with Gasteiger partial charge >= 0.3 is 0 Å². The van der Waals surface area contributed by atoms with Crippen LogP contribution in [0.5, 0.6) is 0 Å². The maximum Gasteiger partial charge on any atom is 0.261 e. The number of hydrogen-bond donors (Lipinski definition) is 1. The summed E-state index contributed by atoms with van der Waals surface area (Å²) in [4.78, 5) is 0.246. The molecule has 0 atom stereocenters. The molecule has 7 heteroatoms. The SMILES string of the molecule is CC(C)S(=O)(=O)CC1CCC(CCc2ccc(NS(=O)(=O)c3ccccc3)cc2)CC1. The molecule has 0 spiro atoms. The standard InChI is InChI=1S/C24H33NO4S2/c1-19(2)30(26,27)18-22-12-10-20(11-13-22)8-9-21-14-16-23(17-15-21)25-31(28,29)24-6-4-3-5-7-24/h3-7,14-17,19-20,22,25H,8-13,18H2,1-2H3. The zero-order valence-electron chi connectivity index (χ0n) is 18.3. The highest BCUT2D eigenvalue weighted by Gasteiger charge is 2.27. The molecule has 0 unspecified atom stereocenters. The van der Waals surface area contributed by atoms with Crippen molar-refractivity contribution in [2.24, 2.45) is 11.8 Å². The summed E-state index contributed by atoms with van der Waals surface area (Å²) in [5.41, 5.74) is 1.74. The summed E-state index contributed by atoms with van der Waals surface area (Å²) >= 11 is 0. The van der Waals surface area contributed by atoms with Crippen LogP contribution in [0.25, 0.3) is 0 Å². The summed E-state index contributed by atoms with van der Waals surface area (Å²) in [7, 11) is -6.53. The van der Waals surface area contributed by atoms with Crippen molar-refractivity contribution >= 4 is 25.5 Å². The first-order valence-electron chi connectivity index (χ1n) is 11.0. The van der Waals surface area contributed by atoms with E-state index in [0.29, 0.717) is 23.3 Å². The van der Waals surface area contributed by atoms with Crippen LogP contribution in [0.4, 0.5) is 5.69 Å². The Morgan fingerprint density at radius 1 is 0.839 bits per heavy atom. The summed E-state index contributed by atoms with van der Waals surface area (Å²) < 4.78 is 51.7. The summed E-state index contributed by atoms with van der Waals surface area (Å²) in [6, 6.07) is 15.9. The van der Waals surface area contributed by atoms with Gasteiger partial charge in [0.2, 0.25) is 0 Å². The molecule has 170 valence electrons. The lowest BCUT2D eigenvalue weighted by Crippen LogP contribution is -2.26. The molecule has 2 aromatic carbocycles. The van der Waals surface area contributed by atoms with E-state index in [0.717, 1.165) is 38.5 Å². The molecule has 1 aliphatic rings. The number of anilines is 1. The molecule has 5 nitrogen and oxygen atoms in total. The van der Waals surface area contributed by atoms with E-state index in [4.69, 9.17) is 0 Å². The molecule has 0 bridgehead atoms. The molecule has 1 fully saturated rings. The van der Waals surface area contributed by atoms with E-state index in [9.17, 15) is 16.8 Å². The first-order valence-corrected chi connectivity index (χ1v) is 14.2. The number of sulfone groups is 1. The average molecular weight is 464 g/mol. The van der Waals surface area contributed by atoms with Crippen LogP contribution >= 0.6 is 0 Å². The summed E-state index contributed by atoms with van der Waals surface area (Å²) in [6.07, 6.45) is 6.21. The lowest BCUT2D eigenvalue weighted by atomic mass is 9.80. The zero-order valence-corrected chi connectivity index (χ0v) is 20.0. The maximum absolute atomic E-state index is 12.4. The fourth-order valence-electron chi connectivity index (χ4n) is 4.13. The van der Waals surface area contributed by atoms with E-state index in [1.807, 2.05) is 24.3 Å². The van der Waals surface area contributed by atoms with Crippen molar-refractivity contribution in [3.63, 3.8) is 0 Å². The van der Waals surface area contributed by atoms with Gasteiger partial charge in [0.15, 0.2) is 9.84 Å². The normalized spacial score (nSPS) is 20.0. The van der Waals surface area contributed by atoms with Crippen LogP contribution in [0.2, 0.25) is 0 Å². The summed E-state index contributed by atoms with van der Waals surface area (Å²) in [6.45, 7) is 3.53. The van der Waals surface area contributed by atoms with Crippen LogP contribution in [-0.4, -0.2) is 27.8 Å². The number of aryl methyl sites for hydroxylation is 1. The number of rotatable bonds is 9. The van der Waals surface area contributed by atoms with Gasteiger partial charge in [0.05, 0.1) is 15.9 Å². The van der Waals surface area contributed by atoms with Crippen molar-refractivity contribution in [2.75, 3.05) is 10.5 Å². The Morgan fingerprint density at radius 2 is 1.42 bits per heavy atom. The Labute approximate surface area is 187 Å². The van der Waals surface area contributed by atoms with Crippen LogP contribution in [0, 0.1) is 11.8 Å². The van der Waals surface area contributed by atoms with Crippen molar-refractivity contribution in [1.82, 2.24) is 0 Å². The molecule has 1 aliphatic carbocycles. The van der Waals surface area contributed by atoms with Gasteiger partial charge in [-0.25, -0.2) is 16.8 Å². The minimum atomic E-state index is -3.57. The predicted octanol–water partition coefficient (Wildman–Crippen LogP) is 5.05. The van der Waals surface area contributed by atoms with Crippen LogP contribution in [-0.2, 0) is 26.3 Å². The van der Waals surface area contributed by atoms with Crippen molar-refractivity contribution in [1.29, 1.82) is 0 Å². The van der Waals surface area contributed by atoms with Crippen molar-refractivity contribution in [3.05, 3.63) is 60.2 Å². The number of hydrogen-bond acceptors (Lipinski definition) is 4. The molecule has 3 rings (SSSR count). The largest absolute Gasteiger partial charge is 0.280 e. The minimum Gasteiger partial charge on any atom is -0.280 e. The molecule has 0 saturated heterocycles. The highest BCUT2D eigenvalue weighted by Crippen LogP contribution is 2.33. The molecule has 0 aromatic heterocycles. The highest BCUT2D eigenvalue weighted by molar-refractivity contribution is 7.92. The van der Waals surface area contributed by atoms with E-state index in [2.05, 4.69) is 4.72 Å². The monoisotopic (exact) mass is 463 g/mol. The van der Waals surface area contributed by atoms with Crippen molar-refractivity contribution < 1.29 is 16.8 Å². The lowest BCUT2D eigenvalue weighted by Gasteiger charge is -2.28. The van der Waals surface area contributed by atoms with Crippen molar-refractivity contribution in [2.45, 2.75) is 62.5 Å². The van der Waals surface area contributed by atoms with Gasteiger partial charge in [-0.15, -0.1) is 0 Å². The minimum absolute atomic E-state index is 0.246. The van der Waals surface area contributed by atoms with E-state index in [-0.39, 0.29) is 10.1 Å². The Bertz CT molecular complexity index is 1040. The predicted molar refractivity (Wildman–Crippen MR) is 126 cm³/mol. The number of nitrogens with one attached hydrogen (secondary N) is 1. The zero-order chi connectivity index (χ0) is 22.5. The van der Waals surface area contributed by atoms with Gasteiger partial charge in [-0.05, 0) is 81.2 Å². The van der Waals surface area contributed by atoms with E-state index >= 15 is 0 Å². The van der Waals surface area contributed by atoms with Gasteiger partial charge in [0.1, 0.15) is 0 Å². The van der Waals surface area contributed by atoms with E-state index in [1.165, 1.54) is 5.56 Å². The summed E-state index contributed by atoms with van der Waals surface area (Å²) in [5, 5.41) is -0.287. The average Bonchev–Trinajstić information content (AvgIpc) is 2.74. The Morgan fingerprint density at radius 3 is 2.00 bits per heavy atom. The molecule has 0 radical (unpaired) electrons. The molecule has 0 heterocycles. The Hall–Kier alpha value is -1.86. The second-order valence-electron chi connectivity index (χ2n) is 8.92. The van der Waals surface area contributed by atoms with Gasteiger partial charge in [-0.2, -0.15) is 0 Å². The van der Waals surface area contributed by atoms with Gasteiger partial charge in [0, 0.05) is 5.69 Å². The van der Waals surface area contributed by atoms with Crippen LogP contribution < -0.4 is 4.72 Å². The first-order chi connectivity index (χ1) is 14.7. The van der Waals surface area contributed by atoms with Crippen LogP contribution in [0.3, 0.4) is 0 Å². The molecule has 1 saturated carbocycles. The highest BCUT2D eigenvalue weighted by atomic mass is 32.2. The topological polar surface area (TPSA) is 80.3 Å². The third kappa shape index (κ3) is 6.81. The molecule has 31 heavy (non-hydrogen) atoms. The molecule has 2 aromatic rings. The van der Waals surface area contributed by atoms with E-state index in [1.54, 1.807) is 44.2 Å². The van der Waals surface area contributed by atoms with Crippen LogP contribution in [0.1, 0.15) is 51.5 Å². The first kappa shape index (κ1) is 23.8. The Kier molecular flexibility index (Phi) is 7.81. The molecule has 1 N–H and O–H groups in total. The second kappa shape index (κ2) is 10.2. The number of benzene rings is 2. The van der Waals surface area contributed by atoms with Crippen molar-refractivity contribution in [3.8, 4) is 0 Å². The fraction of sp³-hybridized carbons (Fsp3) is 0.500. The summed E-state index contributed by atoms with van der Waals surface area (Å²) in [5.74, 6) is 1.27. The molecular formula is C24H33NO4S2.